The standard InChI is InChI=1S/C38H40O8S/c1-5-20-41-23-27(45-35(39)7-3)25-43-37-31-16-12-13-17-32(31)38(44-26-28(24-42-21-6-2)46-36(40)8-4)34-22-30(18-19-33(34)37)47-29-14-10-9-11-15-29/h5-18,27-28H,1-4,19-26H2. The minimum absolute atomic E-state index is 0.0540. The summed E-state index contributed by atoms with van der Waals surface area (Å²) >= 11 is 1.70. The number of fused-ring (bicyclic) bond motifs is 2. The molecular formula is C38H40O8S. The second kappa shape index (κ2) is 18.5. The van der Waals surface area contributed by atoms with E-state index in [9.17, 15) is 9.59 Å². The molecule has 2 unspecified atom stereocenters. The van der Waals surface area contributed by atoms with Crippen LogP contribution in [0.2, 0.25) is 0 Å². The molecule has 0 aliphatic heterocycles. The number of esters is 2. The number of hydrogen-bond acceptors (Lipinski definition) is 9. The molecule has 0 radical (unpaired) electrons. The van der Waals surface area contributed by atoms with Gasteiger partial charge in [-0.25, -0.2) is 9.59 Å². The number of hydrogen-bond donors (Lipinski definition) is 0. The van der Waals surface area contributed by atoms with Gasteiger partial charge in [0.25, 0.3) is 0 Å². The number of allylic oxidation sites excluding steroid dienone is 2. The molecule has 47 heavy (non-hydrogen) atoms. The fraction of sp³-hybridized carbons (Fsp3) is 0.263. The molecule has 1 aliphatic rings. The highest BCUT2D eigenvalue weighted by atomic mass is 32.2. The molecule has 0 aromatic heterocycles. The van der Waals surface area contributed by atoms with Crippen LogP contribution in [0.15, 0.2) is 121 Å². The van der Waals surface area contributed by atoms with Gasteiger partial charge in [0.2, 0.25) is 0 Å². The maximum Gasteiger partial charge on any atom is 0.330 e. The highest BCUT2D eigenvalue weighted by Crippen LogP contribution is 2.46. The lowest BCUT2D eigenvalue weighted by atomic mass is 9.90. The molecule has 8 nitrogen and oxygen atoms in total. The van der Waals surface area contributed by atoms with E-state index in [1.165, 1.54) is 0 Å². The van der Waals surface area contributed by atoms with E-state index in [2.05, 4.69) is 44.5 Å². The first-order chi connectivity index (χ1) is 23.0. The first-order valence-electron chi connectivity index (χ1n) is 15.2. The second-order valence-corrected chi connectivity index (χ2v) is 11.6. The third-order valence-corrected chi connectivity index (χ3v) is 8.09. The molecule has 9 heteroatoms. The summed E-state index contributed by atoms with van der Waals surface area (Å²) in [6, 6.07) is 18.0. The summed E-state index contributed by atoms with van der Waals surface area (Å²) in [7, 11) is 0. The van der Waals surface area contributed by atoms with Crippen molar-refractivity contribution in [1.29, 1.82) is 0 Å². The minimum atomic E-state index is -0.682. The largest absolute Gasteiger partial charge is 0.489 e. The molecule has 0 spiro atoms. The van der Waals surface area contributed by atoms with E-state index < -0.39 is 24.1 Å². The topological polar surface area (TPSA) is 89.5 Å². The fourth-order valence-corrected chi connectivity index (χ4v) is 5.95. The van der Waals surface area contributed by atoms with Gasteiger partial charge in [-0.05, 0) is 23.5 Å². The van der Waals surface area contributed by atoms with Crippen LogP contribution in [-0.2, 0) is 41.4 Å². The predicted octanol–water partition coefficient (Wildman–Crippen LogP) is 6.97. The van der Waals surface area contributed by atoms with Gasteiger partial charge in [0, 0.05) is 45.4 Å². The smallest absolute Gasteiger partial charge is 0.330 e. The Balaban J connectivity index is 1.72. The van der Waals surface area contributed by atoms with Crippen LogP contribution in [0.3, 0.4) is 0 Å². The van der Waals surface area contributed by atoms with Crippen LogP contribution in [0.25, 0.3) is 10.8 Å². The molecule has 246 valence electrons. The van der Waals surface area contributed by atoms with Crippen molar-refractivity contribution in [2.45, 2.75) is 29.9 Å². The summed E-state index contributed by atoms with van der Waals surface area (Å²) in [4.78, 5) is 26.5. The average Bonchev–Trinajstić information content (AvgIpc) is 3.09. The lowest BCUT2D eigenvalue weighted by Crippen LogP contribution is -2.30. The van der Waals surface area contributed by atoms with E-state index in [1.54, 1.807) is 23.9 Å². The number of benzene rings is 3. The predicted molar refractivity (Wildman–Crippen MR) is 185 cm³/mol. The van der Waals surface area contributed by atoms with Gasteiger partial charge in [-0.2, -0.15) is 0 Å². The van der Waals surface area contributed by atoms with Crippen LogP contribution in [0, 0.1) is 0 Å². The molecule has 3 aromatic carbocycles. The maximum atomic E-state index is 12.1. The molecule has 0 fully saturated rings. The minimum Gasteiger partial charge on any atom is -0.489 e. The van der Waals surface area contributed by atoms with Crippen LogP contribution in [-0.4, -0.2) is 63.8 Å². The third-order valence-electron chi connectivity index (χ3n) is 7.01. The van der Waals surface area contributed by atoms with E-state index in [0.717, 1.165) is 43.9 Å². The summed E-state index contributed by atoms with van der Waals surface area (Å²) in [6.45, 7) is 15.3. The molecule has 0 saturated carbocycles. The highest BCUT2D eigenvalue weighted by Gasteiger charge is 2.27. The van der Waals surface area contributed by atoms with Crippen molar-refractivity contribution in [2.24, 2.45) is 0 Å². The molecule has 0 amide bonds. The normalized spacial score (nSPS) is 13.3. The zero-order valence-electron chi connectivity index (χ0n) is 26.4. The Morgan fingerprint density at radius 3 is 1.72 bits per heavy atom. The Bertz CT molecular complexity index is 1600. The quantitative estimate of drug-likeness (QED) is 0.0554. The van der Waals surface area contributed by atoms with E-state index in [-0.39, 0.29) is 26.4 Å². The molecule has 4 rings (SSSR count). The van der Waals surface area contributed by atoms with E-state index >= 15 is 0 Å². The highest BCUT2D eigenvalue weighted by molar-refractivity contribution is 8.03. The Kier molecular flexibility index (Phi) is 13.9. The Morgan fingerprint density at radius 1 is 0.702 bits per heavy atom. The molecule has 0 N–H and O–H groups in total. The Morgan fingerprint density at radius 2 is 1.21 bits per heavy atom. The van der Waals surface area contributed by atoms with Crippen molar-refractivity contribution in [3.63, 3.8) is 0 Å². The van der Waals surface area contributed by atoms with Crippen LogP contribution in [0.1, 0.15) is 11.1 Å². The first kappa shape index (κ1) is 35.3. The number of carbonyl (C=O) groups excluding carboxylic acids is 2. The molecule has 2 atom stereocenters. The average molecular weight is 657 g/mol. The molecule has 3 aromatic rings. The SMILES string of the molecule is C=CCOCC(COc1c2c(c(OCC(COCC=C)OC(=O)C=C)c3ccccc13)CC(Sc1ccccc1)=CC2)OC(=O)C=C. The van der Waals surface area contributed by atoms with Crippen LogP contribution in [0.4, 0.5) is 0 Å². The maximum absolute atomic E-state index is 12.1. The molecule has 0 saturated heterocycles. The zero-order valence-corrected chi connectivity index (χ0v) is 27.2. The van der Waals surface area contributed by atoms with E-state index in [1.807, 2.05) is 42.5 Å². The number of carbonyl (C=O) groups is 2. The molecular weight excluding hydrogens is 616 g/mol. The molecule has 1 aliphatic carbocycles. The van der Waals surface area contributed by atoms with Crippen LogP contribution < -0.4 is 9.47 Å². The summed E-state index contributed by atoms with van der Waals surface area (Å²) in [5.74, 6) is 0.222. The van der Waals surface area contributed by atoms with E-state index in [0.29, 0.717) is 37.6 Å². The Hall–Kier alpha value is -4.57. The Labute approximate surface area is 280 Å². The second-order valence-electron chi connectivity index (χ2n) is 10.4. The van der Waals surface area contributed by atoms with Gasteiger partial charge in [0.1, 0.15) is 24.7 Å². The van der Waals surface area contributed by atoms with Gasteiger partial charge >= 0.3 is 11.9 Å². The summed E-state index contributed by atoms with van der Waals surface area (Å²) in [5, 5.41) is 1.66. The van der Waals surface area contributed by atoms with Crippen molar-refractivity contribution in [2.75, 3.05) is 39.6 Å². The van der Waals surface area contributed by atoms with Gasteiger partial charge in [0.05, 0.1) is 26.4 Å². The lowest BCUT2D eigenvalue weighted by molar-refractivity contribution is -0.148. The number of thioether (sulfide) groups is 1. The zero-order chi connectivity index (χ0) is 33.4. The summed E-state index contributed by atoms with van der Waals surface area (Å²) in [6.07, 6.45) is 7.50. The van der Waals surface area contributed by atoms with Crippen molar-refractivity contribution in [3.8, 4) is 11.5 Å². The van der Waals surface area contributed by atoms with Crippen LogP contribution in [0.5, 0.6) is 11.5 Å². The van der Waals surface area contributed by atoms with Gasteiger partial charge in [-0.15, -0.1) is 13.2 Å². The lowest BCUT2D eigenvalue weighted by Gasteiger charge is -2.27. The fourth-order valence-electron chi connectivity index (χ4n) is 4.97. The number of ether oxygens (including phenoxy) is 6. The van der Waals surface area contributed by atoms with Gasteiger partial charge in [0.15, 0.2) is 12.2 Å². The third kappa shape index (κ3) is 10.2. The van der Waals surface area contributed by atoms with Crippen molar-refractivity contribution in [3.05, 3.63) is 127 Å². The monoisotopic (exact) mass is 656 g/mol. The molecule has 0 heterocycles. The number of rotatable bonds is 20. The summed E-state index contributed by atoms with van der Waals surface area (Å²) < 4.78 is 35.3. The first-order valence-corrected chi connectivity index (χ1v) is 16.1. The van der Waals surface area contributed by atoms with Gasteiger partial charge in [-0.3, -0.25) is 0 Å². The summed E-state index contributed by atoms with van der Waals surface area (Å²) in [5.41, 5.74) is 1.92. The molecule has 0 bridgehead atoms. The van der Waals surface area contributed by atoms with Crippen molar-refractivity contribution >= 4 is 34.5 Å². The van der Waals surface area contributed by atoms with Gasteiger partial charge in [-0.1, -0.05) is 85.6 Å². The van der Waals surface area contributed by atoms with E-state index in [4.69, 9.17) is 28.4 Å². The van der Waals surface area contributed by atoms with Crippen molar-refractivity contribution in [1.82, 2.24) is 0 Å². The van der Waals surface area contributed by atoms with Crippen LogP contribution >= 0.6 is 11.8 Å². The van der Waals surface area contributed by atoms with Crippen molar-refractivity contribution < 1.29 is 38.0 Å². The van der Waals surface area contributed by atoms with Gasteiger partial charge < -0.3 is 28.4 Å².